The molecule has 0 aliphatic rings. The van der Waals surface area contributed by atoms with Crippen LogP contribution in [0.4, 0.5) is 0 Å². The summed E-state index contributed by atoms with van der Waals surface area (Å²) in [4.78, 5) is 1.15. The van der Waals surface area contributed by atoms with Crippen molar-refractivity contribution < 1.29 is 0 Å². The van der Waals surface area contributed by atoms with Gasteiger partial charge >= 0.3 is 0 Å². The highest BCUT2D eigenvalue weighted by Crippen LogP contribution is 2.36. The Morgan fingerprint density at radius 1 is 1.41 bits per heavy atom. The topological polar surface area (TPSA) is 12.0 Å². The van der Waals surface area contributed by atoms with Gasteiger partial charge in [-0.2, -0.15) is 0 Å². The Hall–Kier alpha value is 0.380. The zero-order valence-electron chi connectivity index (χ0n) is 9.01. The average Bonchev–Trinajstić information content (AvgIpc) is 2.71. The van der Waals surface area contributed by atoms with Crippen molar-refractivity contribution in [2.45, 2.75) is 6.04 Å². The third-order valence-electron chi connectivity index (χ3n) is 2.46. The summed E-state index contributed by atoms with van der Waals surface area (Å²) in [5.41, 5.74) is 1.21. The van der Waals surface area contributed by atoms with Crippen molar-refractivity contribution in [3.05, 3.63) is 53.2 Å². The number of hydrogen-bond donors (Lipinski definition) is 1. The Bertz CT molecular complexity index is 529. The minimum atomic E-state index is 0.131. The number of rotatable bonds is 3. The predicted octanol–water partition coefficient (Wildman–Crippen LogP) is 5.08. The van der Waals surface area contributed by atoms with E-state index in [9.17, 15) is 0 Å². The van der Waals surface area contributed by atoms with Crippen molar-refractivity contribution in [3.8, 4) is 0 Å². The van der Waals surface area contributed by atoms with Crippen LogP contribution in [-0.2, 0) is 0 Å². The van der Waals surface area contributed by atoms with Crippen LogP contribution >= 0.6 is 61.5 Å². The molecular formula is C12H10BrClINS. The predicted molar refractivity (Wildman–Crippen MR) is 87.1 cm³/mol. The lowest BCUT2D eigenvalue weighted by atomic mass is 10.1. The van der Waals surface area contributed by atoms with E-state index in [1.54, 1.807) is 11.3 Å². The maximum atomic E-state index is 6.21. The molecule has 90 valence electrons. The van der Waals surface area contributed by atoms with Gasteiger partial charge in [0.25, 0.3) is 0 Å². The van der Waals surface area contributed by atoms with Gasteiger partial charge < -0.3 is 5.32 Å². The van der Waals surface area contributed by atoms with Gasteiger partial charge in [0.15, 0.2) is 0 Å². The molecule has 0 amide bonds. The highest BCUT2D eigenvalue weighted by molar-refractivity contribution is 14.1. The number of hydrogen-bond acceptors (Lipinski definition) is 2. The minimum Gasteiger partial charge on any atom is -0.309 e. The van der Waals surface area contributed by atoms with Crippen LogP contribution in [0.25, 0.3) is 0 Å². The van der Waals surface area contributed by atoms with Crippen molar-refractivity contribution in [1.82, 2.24) is 5.32 Å². The van der Waals surface area contributed by atoms with Crippen LogP contribution in [0.5, 0.6) is 0 Å². The van der Waals surface area contributed by atoms with Crippen molar-refractivity contribution in [2.75, 3.05) is 7.05 Å². The van der Waals surface area contributed by atoms with Crippen molar-refractivity contribution >= 4 is 61.5 Å². The lowest BCUT2D eigenvalue weighted by molar-refractivity contribution is 0.700. The maximum Gasteiger partial charge on any atom is 0.0695 e. The van der Waals surface area contributed by atoms with E-state index >= 15 is 0 Å². The van der Waals surface area contributed by atoms with Crippen LogP contribution in [-0.4, -0.2) is 7.05 Å². The molecule has 2 aromatic rings. The summed E-state index contributed by atoms with van der Waals surface area (Å²) in [6, 6.07) is 8.39. The first-order valence-corrected chi connectivity index (χ1v) is 8.11. The molecule has 17 heavy (non-hydrogen) atoms. The molecule has 0 fully saturated rings. The van der Waals surface area contributed by atoms with Gasteiger partial charge in [-0.15, -0.1) is 11.3 Å². The molecule has 1 atom stereocenters. The van der Waals surface area contributed by atoms with E-state index in [1.165, 1.54) is 9.13 Å². The van der Waals surface area contributed by atoms with Gasteiger partial charge in [0.05, 0.1) is 11.1 Å². The van der Waals surface area contributed by atoms with Crippen molar-refractivity contribution in [1.29, 1.82) is 0 Å². The second-order valence-corrected chi connectivity index (χ2v) is 6.98. The molecule has 0 saturated heterocycles. The summed E-state index contributed by atoms with van der Waals surface area (Å²) in [5, 5.41) is 6.16. The molecule has 1 aromatic heterocycles. The Kier molecular flexibility index (Phi) is 4.88. The van der Waals surface area contributed by atoms with E-state index < -0.39 is 0 Å². The van der Waals surface area contributed by atoms with E-state index in [1.807, 2.05) is 18.5 Å². The fourth-order valence-electron chi connectivity index (χ4n) is 1.68. The summed E-state index contributed by atoms with van der Waals surface area (Å²) in [6.45, 7) is 0. The highest BCUT2D eigenvalue weighted by atomic mass is 127. The zero-order valence-corrected chi connectivity index (χ0v) is 14.3. The van der Waals surface area contributed by atoms with Gasteiger partial charge in [-0.05, 0) is 64.8 Å². The molecule has 0 aliphatic carbocycles. The van der Waals surface area contributed by atoms with E-state index in [-0.39, 0.29) is 6.04 Å². The normalized spacial score (nSPS) is 12.7. The van der Waals surface area contributed by atoms with Crippen LogP contribution < -0.4 is 5.32 Å². The largest absolute Gasteiger partial charge is 0.309 e. The standard InChI is InChI=1S/C12H10BrClINS/c1-16-11(12-10(14)4-5-17-12)8-6-7(15)2-3-9(8)13/h2-6,11,16H,1H3. The Labute approximate surface area is 132 Å². The van der Waals surface area contributed by atoms with Gasteiger partial charge in [-0.25, -0.2) is 0 Å². The average molecular weight is 443 g/mol. The number of benzene rings is 1. The molecular weight excluding hydrogens is 432 g/mol. The van der Waals surface area contributed by atoms with Crippen LogP contribution in [0.3, 0.4) is 0 Å². The first-order valence-electron chi connectivity index (χ1n) is 4.98. The third-order valence-corrected chi connectivity index (χ3v) is 5.28. The second-order valence-electron chi connectivity index (χ2n) is 3.52. The molecule has 0 radical (unpaired) electrons. The smallest absolute Gasteiger partial charge is 0.0695 e. The quantitative estimate of drug-likeness (QED) is 0.654. The Morgan fingerprint density at radius 2 is 2.18 bits per heavy atom. The monoisotopic (exact) mass is 441 g/mol. The summed E-state index contributed by atoms with van der Waals surface area (Å²) < 4.78 is 2.32. The fraction of sp³-hybridized carbons (Fsp3) is 0.167. The van der Waals surface area contributed by atoms with Crippen molar-refractivity contribution in [3.63, 3.8) is 0 Å². The maximum absolute atomic E-state index is 6.21. The molecule has 5 heteroatoms. The van der Waals surface area contributed by atoms with Gasteiger partial charge in [0, 0.05) is 12.9 Å². The zero-order chi connectivity index (χ0) is 12.4. The minimum absolute atomic E-state index is 0.131. The molecule has 0 aliphatic heterocycles. The Balaban J connectivity index is 2.49. The number of halogens is 3. The Morgan fingerprint density at radius 3 is 2.76 bits per heavy atom. The van der Waals surface area contributed by atoms with Crippen molar-refractivity contribution in [2.24, 2.45) is 0 Å². The lowest BCUT2D eigenvalue weighted by Crippen LogP contribution is -2.17. The van der Waals surface area contributed by atoms with Gasteiger partial charge in [0.1, 0.15) is 0 Å². The van der Waals surface area contributed by atoms with E-state index in [0.717, 1.165) is 14.4 Å². The van der Waals surface area contributed by atoms with E-state index in [4.69, 9.17) is 11.6 Å². The lowest BCUT2D eigenvalue weighted by Gasteiger charge is -2.17. The molecule has 0 saturated carbocycles. The second kappa shape index (κ2) is 6.02. The number of nitrogens with one attached hydrogen (secondary N) is 1. The third kappa shape index (κ3) is 3.04. The van der Waals surface area contributed by atoms with Gasteiger partial charge in [0.2, 0.25) is 0 Å². The first-order chi connectivity index (χ1) is 8.13. The summed E-state index contributed by atoms with van der Waals surface area (Å²) in [5.74, 6) is 0. The molecule has 2 rings (SSSR count). The molecule has 1 N–H and O–H groups in total. The molecule has 0 spiro atoms. The summed E-state index contributed by atoms with van der Waals surface area (Å²) in [7, 11) is 1.95. The fourth-order valence-corrected chi connectivity index (χ4v) is 3.96. The molecule has 1 unspecified atom stereocenters. The molecule has 0 bridgehead atoms. The highest BCUT2D eigenvalue weighted by Gasteiger charge is 2.19. The number of thiophene rings is 1. The molecule has 1 aromatic carbocycles. The van der Waals surface area contributed by atoms with Crippen LogP contribution in [0, 0.1) is 3.57 Å². The van der Waals surface area contributed by atoms with Gasteiger partial charge in [-0.3, -0.25) is 0 Å². The van der Waals surface area contributed by atoms with Crippen LogP contribution in [0.1, 0.15) is 16.5 Å². The van der Waals surface area contributed by atoms with E-state index in [0.29, 0.717) is 0 Å². The molecule has 1 nitrogen and oxygen atoms in total. The molecule has 1 heterocycles. The van der Waals surface area contributed by atoms with Crippen LogP contribution in [0.15, 0.2) is 34.1 Å². The SMILES string of the molecule is CNC(c1cc(I)ccc1Br)c1sccc1Cl. The van der Waals surface area contributed by atoms with E-state index in [2.05, 4.69) is 62.0 Å². The summed E-state index contributed by atoms with van der Waals surface area (Å²) in [6.07, 6.45) is 0. The van der Waals surface area contributed by atoms with Gasteiger partial charge in [-0.1, -0.05) is 27.5 Å². The first kappa shape index (κ1) is 13.8. The van der Waals surface area contributed by atoms with Crippen LogP contribution in [0.2, 0.25) is 5.02 Å². The summed E-state index contributed by atoms with van der Waals surface area (Å²) >= 11 is 13.8.